The molecular formula is C20H27NO2. The van der Waals surface area contributed by atoms with Crippen LogP contribution in [0.3, 0.4) is 0 Å². The predicted molar refractivity (Wildman–Crippen MR) is 92.2 cm³/mol. The second kappa shape index (κ2) is 7.20. The van der Waals surface area contributed by atoms with E-state index in [1.54, 1.807) is 7.11 Å². The first-order chi connectivity index (χ1) is 11.2. The SMILES string of the molecule is COc1ccc(CN(C(=O)C2CC=CCC2)C(C)C2CC2)cc1. The van der Waals surface area contributed by atoms with Crippen LogP contribution in [0.5, 0.6) is 5.75 Å². The molecule has 0 bridgehead atoms. The third-order valence-electron chi connectivity index (χ3n) is 5.21. The standard InChI is InChI=1S/C20H27NO2/c1-15(17-10-11-17)21(20(22)18-6-4-3-5-7-18)14-16-8-12-19(23-2)13-9-16/h3-4,8-9,12-13,15,17-18H,5-7,10-11,14H2,1-2H3. The quantitative estimate of drug-likeness (QED) is 0.737. The monoisotopic (exact) mass is 313 g/mol. The van der Waals surface area contributed by atoms with Gasteiger partial charge in [0.05, 0.1) is 7.11 Å². The van der Waals surface area contributed by atoms with Crippen LogP contribution in [0.4, 0.5) is 0 Å². The fourth-order valence-electron chi connectivity index (χ4n) is 3.44. The van der Waals surface area contributed by atoms with E-state index in [2.05, 4.69) is 36.1 Å². The highest BCUT2D eigenvalue weighted by atomic mass is 16.5. The number of allylic oxidation sites excluding steroid dienone is 2. The summed E-state index contributed by atoms with van der Waals surface area (Å²) in [6, 6.07) is 8.43. The van der Waals surface area contributed by atoms with Gasteiger partial charge in [0.2, 0.25) is 5.91 Å². The number of amides is 1. The van der Waals surface area contributed by atoms with Crippen molar-refractivity contribution in [2.24, 2.45) is 11.8 Å². The van der Waals surface area contributed by atoms with E-state index in [0.29, 0.717) is 24.4 Å². The van der Waals surface area contributed by atoms with Gasteiger partial charge in [-0.15, -0.1) is 0 Å². The first kappa shape index (κ1) is 16.1. The van der Waals surface area contributed by atoms with Crippen LogP contribution in [0.1, 0.15) is 44.6 Å². The van der Waals surface area contributed by atoms with Crippen molar-refractivity contribution in [1.82, 2.24) is 4.90 Å². The molecule has 0 spiro atoms. The molecule has 1 fully saturated rings. The molecule has 3 rings (SSSR count). The maximum atomic E-state index is 13.1. The van der Waals surface area contributed by atoms with Gasteiger partial charge < -0.3 is 9.64 Å². The van der Waals surface area contributed by atoms with E-state index in [1.807, 2.05) is 12.1 Å². The topological polar surface area (TPSA) is 29.5 Å². The van der Waals surface area contributed by atoms with Crippen LogP contribution in [0.15, 0.2) is 36.4 Å². The van der Waals surface area contributed by atoms with Gasteiger partial charge in [-0.25, -0.2) is 0 Å². The number of methoxy groups -OCH3 is 1. The molecule has 1 aromatic carbocycles. The van der Waals surface area contributed by atoms with Gasteiger partial charge in [0.25, 0.3) is 0 Å². The molecule has 0 aromatic heterocycles. The molecule has 1 saturated carbocycles. The number of carbonyl (C=O) groups is 1. The van der Waals surface area contributed by atoms with Gasteiger partial charge in [0.1, 0.15) is 5.75 Å². The fraction of sp³-hybridized carbons (Fsp3) is 0.550. The lowest BCUT2D eigenvalue weighted by Crippen LogP contribution is -2.43. The average molecular weight is 313 g/mol. The van der Waals surface area contributed by atoms with Crippen molar-refractivity contribution in [3.63, 3.8) is 0 Å². The molecule has 124 valence electrons. The van der Waals surface area contributed by atoms with Gasteiger partial charge in [-0.2, -0.15) is 0 Å². The Bertz CT molecular complexity index is 560. The molecule has 1 aromatic rings. The van der Waals surface area contributed by atoms with E-state index in [1.165, 1.54) is 18.4 Å². The molecule has 2 unspecified atom stereocenters. The largest absolute Gasteiger partial charge is 0.497 e. The lowest BCUT2D eigenvalue weighted by Gasteiger charge is -2.33. The number of benzene rings is 1. The first-order valence-corrected chi connectivity index (χ1v) is 8.77. The Morgan fingerprint density at radius 1 is 1.22 bits per heavy atom. The molecule has 0 radical (unpaired) electrons. The number of rotatable bonds is 6. The van der Waals surface area contributed by atoms with E-state index < -0.39 is 0 Å². The highest BCUT2D eigenvalue weighted by molar-refractivity contribution is 5.79. The Labute approximate surface area is 139 Å². The van der Waals surface area contributed by atoms with Crippen molar-refractivity contribution < 1.29 is 9.53 Å². The molecule has 2 atom stereocenters. The number of nitrogens with zero attached hydrogens (tertiary/aromatic N) is 1. The average Bonchev–Trinajstić information content (AvgIpc) is 3.45. The van der Waals surface area contributed by atoms with Gasteiger partial charge in [-0.05, 0) is 62.6 Å². The van der Waals surface area contributed by atoms with Crippen LogP contribution in [-0.4, -0.2) is 24.0 Å². The van der Waals surface area contributed by atoms with E-state index in [4.69, 9.17) is 4.74 Å². The van der Waals surface area contributed by atoms with Crippen LogP contribution in [0, 0.1) is 11.8 Å². The molecule has 1 amide bonds. The lowest BCUT2D eigenvalue weighted by molar-refractivity contribution is -0.139. The Kier molecular flexibility index (Phi) is 5.04. The van der Waals surface area contributed by atoms with Crippen molar-refractivity contribution in [1.29, 1.82) is 0 Å². The molecule has 0 N–H and O–H groups in total. The van der Waals surface area contributed by atoms with E-state index >= 15 is 0 Å². The third kappa shape index (κ3) is 3.95. The van der Waals surface area contributed by atoms with E-state index in [9.17, 15) is 4.79 Å². The molecule has 0 saturated heterocycles. The second-order valence-electron chi connectivity index (χ2n) is 6.87. The Hall–Kier alpha value is -1.77. The van der Waals surface area contributed by atoms with Crippen molar-refractivity contribution >= 4 is 5.91 Å². The number of ether oxygens (including phenoxy) is 1. The summed E-state index contributed by atoms with van der Waals surface area (Å²) in [5.74, 6) is 2.06. The van der Waals surface area contributed by atoms with Crippen molar-refractivity contribution in [3.05, 3.63) is 42.0 Å². The van der Waals surface area contributed by atoms with Gasteiger partial charge in [0, 0.05) is 18.5 Å². The van der Waals surface area contributed by atoms with Crippen LogP contribution in [0.2, 0.25) is 0 Å². The van der Waals surface area contributed by atoms with Gasteiger partial charge in [0.15, 0.2) is 0 Å². The minimum atomic E-state index is 0.166. The molecule has 3 heteroatoms. The van der Waals surface area contributed by atoms with Gasteiger partial charge >= 0.3 is 0 Å². The van der Waals surface area contributed by atoms with Gasteiger partial charge in [-0.1, -0.05) is 24.3 Å². The van der Waals surface area contributed by atoms with Crippen LogP contribution in [-0.2, 0) is 11.3 Å². The lowest BCUT2D eigenvalue weighted by atomic mass is 9.92. The number of hydrogen-bond acceptors (Lipinski definition) is 2. The Morgan fingerprint density at radius 3 is 2.52 bits per heavy atom. The maximum Gasteiger partial charge on any atom is 0.226 e. The minimum absolute atomic E-state index is 0.166. The normalized spacial score (nSPS) is 21.7. The van der Waals surface area contributed by atoms with Crippen molar-refractivity contribution in [2.75, 3.05) is 7.11 Å². The minimum Gasteiger partial charge on any atom is -0.497 e. The summed E-state index contributed by atoms with van der Waals surface area (Å²) in [5.41, 5.74) is 1.18. The maximum absolute atomic E-state index is 13.1. The zero-order valence-electron chi connectivity index (χ0n) is 14.2. The molecule has 0 heterocycles. The third-order valence-corrected chi connectivity index (χ3v) is 5.21. The summed E-state index contributed by atoms with van der Waals surface area (Å²) >= 11 is 0. The summed E-state index contributed by atoms with van der Waals surface area (Å²) in [6.45, 7) is 2.93. The smallest absolute Gasteiger partial charge is 0.226 e. The molecule has 3 nitrogen and oxygen atoms in total. The van der Waals surface area contributed by atoms with Crippen LogP contribution in [0.25, 0.3) is 0 Å². The molecular weight excluding hydrogens is 286 g/mol. The zero-order valence-corrected chi connectivity index (χ0v) is 14.2. The van der Waals surface area contributed by atoms with E-state index in [0.717, 1.165) is 25.0 Å². The summed E-state index contributed by atoms with van der Waals surface area (Å²) in [4.78, 5) is 15.2. The first-order valence-electron chi connectivity index (χ1n) is 8.77. The van der Waals surface area contributed by atoms with Crippen molar-refractivity contribution in [2.45, 2.75) is 51.6 Å². The summed E-state index contributed by atoms with van der Waals surface area (Å²) in [5, 5.41) is 0. The zero-order chi connectivity index (χ0) is 16.2. The second-order valence-corrected chi connectivity index (χ2v) is 6.87. The van der Waals surface area contributed by atoms with Crippen LogP contribution < -0.4 is 4.74 Å². The number of hydrogen-bond donors (Lipinski definition) is 0. The Balaban J connectivity index is 1.74. The van der Waals surface area contributed by atoms with Gasteiger partial charge in [-0.3, -0.25) is 4.79 Å². The fourth-order valence-corrected chi connectivity index (χ4v) is 3.44. The van der Waals surface area contributed by atoms with Crippen LogP contribution >= 0.6 is 0 Å². The summed E-state index contributed by atoms with van der Waals surface area (Å²) in [6.07, 6.45) is 9.81. The number of carbonyl (C=O) groups excluding carboxylic acids is 1. The predicted octanol–water partition coefficient (Wildman–Crippen LogP) is 4.18. The summed E-state index contributed by atoms with van der Waals surface area (Å²) in [7, 11) is 1.68. The summed E-state index contributed by atoms with van der Waals surface area (Å²) < 4.78 is 5.22. The Morgan fingerprint density at radius 2 is 1.96 bits per heavy atom. The molecule has 23 heavy (non-hydrogen) atoms. The van der Waals surface area contributed by atoms with Crippen molar-refractivity contribution in [3.8, 4) is 5.75 Å². The molecule has 2 aliphatic rings. The highest BCUT2D eigenvalue weighted by Gasteiger charge is 2.36. The molecule has 2 aliphatic carbocycles. The highest BCUT2D eigenvalue weighted by Crippen LogP contribution is 2.37. The molecule has 0 aliphatic heterocycles. The van der Waals surface area contributed by atoms with E-state index in [-0.39, 0.29) is 5.92 Å².